The van der Waals surface area contributed by atoms with Crippen LogP contribution in [0.5, 0.6) is 0 Å². The summed E-state index contributed by atoms with van der Waals surface area (Å²) < 4.78 is 0. The van der Waals surface area contributed by atoms with Crippen LogP contribution in [0.15, 0.2) is 29.3 Å². The molecule has 0 aromatic heterocycles. The van der Waals surface area contributed by atoms with Gasteiger partial charge in [-0.3, -0.25) is 5.41 Å². The standard InChI is InChI=1S/C10H12N2/c1-3-12-10(11)9-6-4-5-8(2)7-9/h3-7,11H,1-2H3. The minimum absolute atomic E-state index is 0.321. The van der Waals surface area contributed by atoms with E-state index in [1.54, 1.807) is 6.21 Å². The molecule has 0 aliphatic rings. The zero-order valence-electron chi connectivity index (χ0n) is 7.33. The smallest absolute Gasteiger partial charge is 0.151 e. The number of hydrogen-bond donors (Lipinski definition) is 1. The molecule has 0 aliphatic heterocycles. The predicted molar refractivity (Wildman–Crippen MR) is 52.2 cm³/mol. The molecule has 2 nitrogen and oxygen atoms in total. The monoisotopic (exact) mass is 160 g/mol. The zero-order chi connectivity index (χ0) is 8.97. The topological polar surface area (TPSA) is 36.2 Å². The highest BCUT2D eigenvalue weighted by Crippen LogP contribution is 2.04. The van der Waals surface area contributed by atoms with Crippen LogP contribution < -0.4 is 0 Å². The van der Waals surface area contributed by atoms with Gasteiger partial charge in [0.15, 0.2) is 5.84 Å². The van der Waals surface area contributed by atoms with E-state index in [0.29, 0.717) is 5.84 Å². The van der Waals surface area contributed by atoms with Crippen molar-refractivity contribution in [2.24, 2.45) is 4.99 Å². The van der Waals surface area contributed by atoms with E-state index >= 15 is 0 Å². The molecule has 0 bridgehead atoms. The number of nitrogens with zero attached hydrogens (tertiary/aromatic N) is 1. The fourth-order valence-electron chi connectivity index (χ4n) is 0.996. The Morgan fingerprint density at radius 2 is 2.25 bits per heavy atom. The minimum Gasteiger partial charge on any atom is -0.282 e. The van der Waals surface area contributed by atoms with Gasteiger partial charge in [0.25, 0.3) is 0 Å². The van der Waals surface area contributed by atoms with E-state index in [-0.39, 0.29) is 0 Å². The Morgan fingerprint density at radius 1 is 1.50 bits per heavy atom. The molecule has 2 heteroatoms. The van der Waals surface area contributed by atoms with Crippen LogP contribution in [0.3, 0.4) is 0 Å². The molecule has 0 unspecified atom stereocenters. The van der Waals surface area contributed by atoms with E-state index in [2.05, 4.69) is 4.99 Å². The zero-order valence-corrected chi connectivity index (χ0v) is 7.33. The van der Waals surface area contributed by atoms with Gasteiger partial charge in [-0.05, 0) is 19.9 Å². The van der Waals surface area contributed by atoms with Crippen LogP contribution in [-0.4, -0.2) is 12.1 Å². The van der Waals surface area contributed by atoms with Gasteiger partial charge in [0.05, 0.1) is 0 Å². The lowest BCUT2D eigenvalue weighted by atomic mass is 10.1. The van der Waals surface area contributed by atoms with Crippen LogP contribution in [0, 0.1) is 12.3 Å². The Kier molecular flexibility index (Phi) is 2.75. The van der Waals surface area contributed by atoms with Crippen LogP contribution in [0.1, 0.15) is 18.1 Å². The Balaban J connectivity index is 2.96. The van der Waals surface area contributed by atoms with E-state index in [4.69, 9.17) is 5.41 Å². The van der Waals surface area contributed by atoms with Gasteiger partial charge in [0.1, 0.15) is 0 Å². The van der Waals surface area contributed by atoms with E-state index in [0.717, 1.165) is 11.1 Å². The normalized spacial score (nSPS) is 10.5. The highest BCUT2D eigenvalue weighted by atomic mass is 14.8. The molecule has 0 amide bonds. The minimum atomic E-state index is 0.321. The Hall–Kier alpha value is -1.44. The highest BCUT2D eigenvalue weighted by molar-refractivity contribution is 6.00. The molecule has 62 valence electrons. The van der Waals surface area contributed by atoms with Crippen molar-refractivity contribution in [2.45, 2.75) is 13.8 Å². The molecule has 0 saturated carbocycles. The number of amidine groups is 1. The van der Waals surface area contributed by atoms with Crippen molar-refractivity contribution >= 4 is 12.1 Å². The van der Waals surface area contributed by atoms with E-state index in [9.17, 15) is 0 Å². The highest BCUT2D eigenvalue weighted by Gasteiger charge is 1.96. The van der Waals surface area contributed by atoms with Crippen LogP contribution in [0.4, 0.5) is 0 Å². The third kappa shape index (κ3) is 2.02. The van der Waals surface area contributed by atoms with Gasteiger partial charge in [0.2, 0.25) is 0 Å². The van der Waals surface area contributed by atoms with Crippen molar-refractivity contribution in [3.8, 4) is 0 Å². The molecular weight excluding hydrogens is 148 g/mol. The lowest BCUT2D eigenvalue weighted by Crippen LogP contribution is -1.94. The maximum Gasteiger partial charge on any atom is 0.151 e. The van der Waals surface area contributed by atoms with Crippen molar-refractivity contribution in [2.75, 3.05) is 0 Å². The molecule has 0 atom stereocenters. The van der Waals surface area contributed by atoms with Gasteiger partial charge in [-0.25, -0.2) is 4.99 Å². The van der Waals surface area contributed by atoms with E-state index in [1.165, 1.54) is 0 Å². The summed E-state index contributed by atoms with van der Waals surface area (Å²) in [5.74, 6) is 0.321. The van der Waals surface area contributed by atoms with Crippen LogP contribution >= 0.6 is 0 Å². The van der Waals surface area contributed by atoms with Gasteiger partial charge in [-0.1, -0.05) is 23.8 Å². The summed E-state index contributed by atoms with van der Waals surface area (Å²) in [6, 6.07) is 7.79. The lowest BCUT2D eigenvalue weighted by molar-refractivity contribution is 1.39. The van der Waals surface area contributed by atoms with Crippen molar-refractivity contribution in [3.63, 3.8) is 0 Å². The Bertz CT molecular complexity index is 313. The molecule has 0 aliphatic carbocycles. The molecule has 0 radical (unpaired) electrons. The van der Waals surface area contributed by atoms with Gasteiger partial charge in [-0.15, -0.1) is 0 Å². The second-order valence-electron chi connectivity index (χ2n) is 2.61. The molecule has 0 spiro atoms. The molecule has 1 aromatic carbocycles. The quantitative estimate of drug-likeness (QED) is 0.484. The molecule has 0 saturated heterocycles. The largest absolute Gasteiger partial charge is 0.282 e. The van der Waals surface area contributed by atoms with Gasteiger partial charge in [-0.2, -0.15) is 0 Å². The molecule has 1 N–H and O–H groups in total. The fraction of sp³-hybridized carbons (Fsp3) is 0.200. The van der Waals surface area contributed by atoms with Crippen molar-refractivity contribution < 1.29 is 0 Å². The van der Waals surface area contributed by atoms with Crippen LogP contribution in [-0.2, 0) is 0 Å². The van der Waals surface area contributed by atoms with Gasteiger partial charge >= 0.3 is 0 Å². The third-order valence-electron chi connectivity index (χ3n) is 1.55. The van der Waals surface area contributed by atoms with Crippen LogP contribution in [0.25, 0.3) is 0 Å². The summed E-state index contributed by atoms with van der Waals surface area (Å²) in [5.41, 5.74) is 2.02. The number of rotatable bonds is 1. The molecule has 0 heterocycles. The first-order valence-corrected chi connectivity index (χ1v) is 3.88. The first-order chi connectivity index (χ1) is 5.74. The fourth-order valence-corrected chi connectivity index (χ4v) is 0.996. The summed E-state index contributed by atoms with van der Waals surface area (Å²) in [5, 5.41) is 7.53. The third-order valence-corrected chi connectivity index (χ3v) is 1.55. The molecule has 0 fully saturated rings. The second-order valence-corrected chi connectivity index (χ2v) is 2.61. The lowest BCUT2D eigenvalue weighted by Gasteiger charge is -1.98. The second kappa shape index (κ2) is 3.81. The predicted octanol–water partition coefficient (Wildman–Crippen LogP) is 2.41. The number of aryl methyl sites for hydroxylation is 1. The summed E-state index contributed by atoms with van der Waals surface area (Å²) >= 11 is 0. The Labute approximate surface area is 72.5 Å². The maximum absolute atomic E-state index is 7.53. The number of hydrogen-bond acceptors (Lipinski definition) is 1. The summed E-state index contributed by atoms with van der Waals surface area (Å²) in [6.07, 6.45) is 1.63. The van der Waals surface area contributed by atoms with Gasteiger partial charge in [0, 0.05) is 11.8 Å². The number of benzene rings is 1. The summed E-state index contributed by atoms with van der Waals surface area (Å²) in [7, 11) is 0. The van der Waals surface area contributed by atoms with Crippen molar-refractivity contribution in [3.05, 3.63) is 35.4 Å². The molecule has 1 rings (SSSR count). The number of nitrogens with one attached hydrogen (secondary N) is 1. The summed E-state index contributed by atoms with van der Waals surface area (Å²) in [4.78, 5) is 3.89. The van der Waals surface area contributed by atoms with Crippen molar-refractivity contribution in [1.82, 2.24) is 0 Å². The molecule has 1 aromatic rings. The SMILES string of the molecule is CC=NC(=N)c1cccc(C)c1. The van der Waals surface area contributed by atoms with E-state index < -0.39 is 0 Å². The van der Waals surface area contributed by atoms with Crippen molar-refractivity contribution in [1.29, 1.82) is 5.41 Å². The Morgan fingerprint density at radius 3 is 2.83 bits per heavy atom. The number of aliphatic imine (C=N–C) groups is 1. The first-order valence-electron chi connectivity index (χ1n) is 3.88. The average molecular weight is 160 g/mol. The van der Waals surface area contributed by atoms with Gasteiger partial charge < -0.3 is 0 Å². The average Bonchev–Trinajstić information content (AvgIpc) is 2.05. The molecular formula is C10H12N2. The summed E-state index contributed by atoms with van der Waals surface area (Å²) in [6.45, 7) is 3.82. The maximum atomic E-state index is 7.53. The molecule has 12 heavy (non-hydrogen) atoms. The first kappa shape index (κ1) is 8.65. The van der Waals surface area contributed by atoms with Crippen LogP contribution in [0.2, 0.25) is 0 Å². The van der Waals surface area contributed by atoms with E-state index in [1.807, 2.05) is 38.1 Å².